The van der Waals surface area contributed by atoms with Gasteiger partial charge in [0.1, 0.15) is 5.75 Å². The molecule has 0 bridgehead atoms. The largest absolute Gasteiger partial charge is 0.504 e. The molecule has 0 aliphatic heterocycles. The van der Waals surface area contributed by atoms with Crippen molar-refractivity contribution in [3.63, 3.8) is 0 Å². The number of benzene rings is 2. The van der Waals surface area contributed by atoms with Gasteiger partial charge < -0.3 is 14.6 Å². The third-order valence-corrected chi connectivity index (χ3v) is 3.52. The number of hydrogen-bond donors (Lipinski definition) is 2. The molecule has 0 saturated heterocycles. The number of carbonyl (C=O) groups excluding carboxylic acids is 1. The predicted octanol–water partition coefficient (Wildman–Crippen LogP) is 3.27. The first-order valence-electron chi connectivity index (χ1n) is 8.61. The van der Waals surface area contributed by atoms with Gasteiger partial charge in [0.25, 0.3) is 5.91 Å². The van der Waals surface area contributed by atoms with Crippen LogP contribution >= 0.6 is 0 Å². The highest BCUT2D eigenvalue weighted by Crippen LogP contribution is 2.26. The van der Waals surface area contributed by atoms with Crippen LogP contribution in [0.1, 0.15) is 31.4 Å². The van der Waals surface area contributed by atoms with E-state index in [9.17, 15) is 9.90 Å². The Hall–Kier alpha value is -3.02. The lowest BCUT2D eigenvalue weighted by atomic mass is 10.1. The average Bonchev–Trinajstić information content (AvgIpc) is 2.64. The summed E-state index contributed by atoms with van der Waals surface area (Å²) < 4.78 is 10.7. The van der Waals surface area contributed by atoms with E-state index in [1.807, 2.05) is 31.2 Å². The first-order chi connectivity index (χ1) is 12.6. The van der Waals surface area contributed by atoms with Crippen LogP contribution in [0.2, 0.25) is 0 Å². The van der Waals surface area contributed by atoms with Crippen molar-refractivity contribution in [2.75, 3.05) is 13.2 Å². The summed E-state index contributed by atoms with van der Waals surface area (Å²) in [5.41, 5.74) is 4.34. The van der Waals surface area contributed by atoms with Gasteiger partial charge in [-0.1, -0.05) is 25.5 Å². The first-order valence-corrected chi connectivity index (χ1v) is 8.61. The molecule has 0 spiro atoms. The zero-order chi connectivity index (χ0) is 18.8. The number of hydrogen-bond acceptors (Lipinski definition) is 5. The number of carbonyl (C=O) groups is 1. The Labute approximate surface area is 153 Å². The molecule has 6 nitrogen and oxygen atoms in total. The van der Waals surface area contributed by atoms with Crippen LogP contribution in [-0.2, 0) is 11.2 Å². The molecule has 26 heavy (non-hydrogen) atoms. The van der Waals surface area contributed by atoms with Gasteiger partial charge in [0.05, 0.1) is 12.8 Å². The van der Waals surface area contributed by atoms with Crippen molar-refractivity contribution in [1.29, 1.82) is 0 Å². The number of rotatable bonds is 9. The van der Waals surface area contributed by atoms with Crippen LogP contribution in [-0.4, -0.2) is 30.4 Å². The molecular formula is C20H24N2O4. The van der Waals surface area contributed by atoms with Crippen LogP contribution in [0.5, 0.6) is 17.2 Å². The van der Waals surface area contributed by atoms with Crippen LogP contribution in [0.25, 0.3) is 0 Å². The number of hydrazone groups is 1. The Bertz CT molecular complexity index is 742. The summed E-state index contributed by atoms with van der Waals surface area (Å²) >= 11 is 0. The van der Waals surface area contributed by atoms with Crippen molar-refractivity contribution in [3.05, 3.63) is 53.6 Å². The van der Waals surface area contributed by atoms with Gasteiger partial charge in [-0.05, 0) is 54.8 Å². The Morgan fingerprint density at radius 3 is 2.62 bits per heavy atom. The van der Waals surface area contributed by atoms with Gasteiger partial charge in [-0.15, -0.1) is 0 Å². The standard InChI is InChI=1S/C20H24N2O4/c1-3-5-15-6-9-17(10-7-15)26-14-20(24)22-21-13-16-8-11-18(23)19(12-16)25-4-2/h6-13,23H,3-5,14H2,1-2H3,(H,22,24)/b21-13+. The fraction of sp³-hybridized carbons (Fsp3) is 0.300. The van der Waals surface area contributed by atoms with E-state index in [1.54, 1.807) is 12.1 Å². The molecule has 0 aliphatic carbocycles. The lowest BCUT2D eigenvalue weighted by molar-refractivity contribution is -0.123. The number of nitrogens with zero attached hydrogens (tertiary/aromatic N) is 1. The van der Waals surface area contributed by atoms with E-state index in [2.05, 4.69) is 17.5 Å². The van der Waals surface area contributed by atoms with Crippen molar-refractivity contribution in [1.82, 2.24) is 5.43 Å². The molecule has 2 aromatic carbocycles. The average molecular weight is 356 g/mol. The van der Waals surface area contributed by atoms with Gasteiger partial charge in [0, 0.05) is 0 Å². The smallest absolute Gasteiger partial charge is 0.277 e. The second-order valence-electron chi connectivity index (χ2n) is 5.64. The molecule has 0 unspecified atom stereocenters. The minimum atomic E-state index is -0.359. The summed E-state index contributed by atoms with van der Waals surface area (Å²) in [5.74, 6) is 0.718. The quantitative estimate of drug-likeness (QED) is 0.534. The lowest BCUT2D eigenvalue weighted by Gasteiger charge is -2.07. The van der Waals surface area contributed by atoms with E-state index in [1.165, 1.54) is 17.8 Å². The number of aromatic hydroxyl groups is 1. The molecule has 0 fully saturated rings. The van der Waals surface area contributed by atoms with Crippen LogP contribution in [0.15, 0.2) is 47.6 Å². The predicted molar refractivity (Wildman–Crippen MR) is 101 cm³/mol. The zero-order valence-corrected chi connectivity index (χ0v) is 15.1. The highest BCUT2D eigenvalue weighted by molar-refractivity contribution is 5.83. The van der Waals surface area contributed by atoms with Crippen LogP contribution in [0.3, 0.4) is 0 Å². The summed E-state index contributed by atoms with van der Waals surface area (Å²) in [6, 6.07) is 12.5. The molecular weight excluding hydrogens is 332 g/mol. The van der Waals surface area contributed by atoms with E-state index < -0.39 is 0 Å². The van der Waals surface area contributed by atoms with Gasteiger partial charge in [-0.3, -0.25) is 4.79 Å². The molecule has 0 aromatic heterocycles. The molecule has 0 saturated carbocycles. The lowest BCUT2D eigenvalue weighted by Crippen LogP contribution is -2.24. The minimum absolute atomic E-state index is 0.0615. The maximum atomic E-state index is 11.8. The zero-order valence-electron chi connectivity index (χ0n) is 15.1. The number of phenolic OH excluding ortho intramolecular Hbond substituents is 1. The third kappa shape index (κ3) is 6.12. The highest BCUT2D eigenvalue weighted by atomic mass is 16.5. The number of amides is 1. The van der Waals surface area contributed by atoms with E-state index in [-0.39, 0.29) is 18.3 Å². The summed E-state index contributed by atoms with van der Waals surface area (Å²) in [5, 5.41) is 13.5. The summed E-state index contributed by atoms with van der Waals surface area (Å²) in [7, 11) is 0. The SMILES string of the molecule is CCCc1ccc(OCC(=O)N/N=C/c2ccc(O)c(OCC)c2)cc1. The van der Waals surface area contributed by atoms with Gasteiger partial charge in [0.2, 0.25) is 0 Å². The van der Waals surface area contributed by atoms with E-state index >= 15 is 0 Å². The summed E-state index contributed by atoms with van der Waals surface area (Å²) in [4.78, 5) is 11.8. The summed E-state index contributed by atoms with van der Waals surface area (Å²) in [6.45, 7) is 4.29. The van der Waals surface area contributed by atoms with Crippen molar-refractivity contribution >= 4 is 12.1 Å². The molecule has 2 aromatic rings. The normalized spacial score (nSPS) is 10.7. The molecule has 138 valence electrons. The summed E-state index contributed by atoms with van der Waals surface area (Å²) in [6.07, 6.45) is 3.59. The molecule has 0 atom stereocenters. The number of aryl methyl sites for hydroxylation is 1. The minimum Gasteiger partial charge on any atom is -0.504 e. The molecule has 6 heteroatoms. The molecule has 0 heterocycles. The third-order valence-electron chi connectivity index (χ3n) is 3.52. The molecule has 0 aliphatic rings. The van der Waals surface area contributed by atoms with Gasteiger partial charge in [-0.2, -0.15) is 5.10 Å². The van der Waals surface area contributed by atoms with Gasteiger partial charge in [-0.25, -0.2) is 5.43 Å². The Balaban J connectivity index is 1.81. The van der Waals surface area contributed by atoms with E-state index in [4.69, 9.17) is 9.47 Å². The van der Waals surface area contributed by atoms with Crippen molar-refractivity contribution in [2.24, 2.45) is 5.10 Å². The Morgan fingerprint density at radius 2 is 1.92 bits per heavy atom. The van der Waals surface area contributed by atoms with E-state index in [0.717, 1.165) is 12.8 Å². The van der Waals surface area contributed by atoms with Crippen LogP contribution in [0, 0.1) is 0 Å². The topological polar surface area (TPSA) is 80.2 Å². The second-order valence-corrected chi connectivity index (χ2v) is 5.64. The van der Waals surface area contributed by atoms with Gasteiger partial charge >= 0.3 is 0 Å². The first kappa shape index (κ1) is 19.3. The fourth-order valence-corrected chi connectivity index (χ4v) is 2.28. The molecule has 2 rings (SSSR count). The second kappa shape index (κ2) is 10.1. The number of phenols is 1. The monoisotopic (exact) mass is 356 g/mol. The van der Waals surface area contributed by atoms with Crippen LogP contribution in [0.4, 0.5) is 0 Å². The van der Waals surface area contributed by atoms with Crippen molar-refractivity contribution in [3.8, 4) is 17.2 Å². The van der Waals surface area contributed by atoms with Crippen molar-refractivity contribution in [2.45, 2.75) is 26.7 Å². The fourth-order valence-electron chi connectivity index (χ4n) is 2.28. The maximum absolute atomic E-state index is 11.8. The molecule has 0 radical (unpaired) electrons. The number of ether oxygens (including phenoxy) is 2. The van der Waals surface area contributed by atoms with Gasteiger partial charge in [0.15, 0.2) is 18.1 Å². The Kier molecular flexibility index (Phi) is 7.49. The van der Waals surface area contributed by atoms with Crippen LogP contribution < -0.4 is 14.9 Å². The number of nitrogens with one attached hydrogen (secondary N) is 1. The molecule has 1 amide bonds. The van der Waals surface area contributed by atoms with Crippen molar-refractivity contribution < 1.29 is 19.4 Å². The Morgan fingerprint density at radius 1 is 1.15 bits per heavy atom. The van der Waals surface area contributed by atoms with E-state index in [0.29, 0.717) is 23.7 Å². The molecule has 2 N–H and O–H groups in total. The highest BCUT2D eigenvalue weighted by Gasteiger charge is 2.03. The maximum Gasteiger partial charge on any atom is 0.277 e.